The number of benzene rings is 2. The molecular weight excluding hydrogens is 416 g/mol. The molecule has 6 heteroatoms. The van der Waals surface area contributed by atoms with Gasteiger partial charge in [0, 0.05) is 28.0 Å². The highest BCUT2D eigenvalue weighted by molar-refractivity contribution is 7.09. The molecule has 1 fully saturated rings. The third-order valence-corrected chi connectivity index (χ3v) is 6.25. The van der Waals surface area contributed by atoms with Gasteiger partial charge in [-0.15, -0.1) is 11.3 Å². The Morgan fingerprint density at radius 1 is 0.933 bits per heavy atom. The lowest BCUT2D eigenvalue weighted by Crippen LogP contribution is -2.43. The summed E-state index contributed by atoms with van der Waals surface area (Å²) in [5.41, 5.74) is 1.64. The zero-order chi connectivity index (χ0) is 20.9. The van der Waals surface area contributed by atoms with Gasteiger partial charge >= 0.3 is 0 Å². The average molecular weight is 439 g/mol. The fraction of sp³-hybridized carbons (Fsp3) is 0.250. The van der Waals surface area contributed by atoms with Crippen molar-refractivity contribution in [2.75, 3.05) is 6.54 Å². The van der Waals surface area contributed by atoms with Crippen molar-refractivity contribution in [1.29, 1.82) is 0 Å². The first-order chi connectivity index (χ1) is 14.6. The maximum absolute atomic E-state index is 13.3. The Morgan fingerprint density at radius 3 is 2.30 bits per heavy atom. The van der Waals surface area contributed by atoms with E-state index in [1.165, 1.54) is 0 Å². The van der Waals surface area contributed by atoms with E-state index in [0.717, 1.165) is 23.3 Å². The third-order valence-electron chi connectivity index (χ3n) is 5.14. The summed E-state index contributed by atoms with van der Waals surface area (Å²) in [7, 11) is 0. The van der Waals surface area contributed by atoms with Crippen molar-refractivity contribution in [2.45, 2.75) is 32.0 Å². The molecule has 2 amide bonds. The molecule has 0 N–H and O–H groups in total. The van der Waals surface area contributed by atoms with Crippen LogP contribution in [-0.2, 0) is 17.9 Å². The molecule has 1 aliphatic carbocycles. The number of hydrogen-bond donors (Lipinski definition) is 0. The van der Waals surface area contributed by atoms with Crippen LogP contribution in [0.5, 0.6) is 0 Å². The Morgan fingerprint density at radius 2 is 1.67 bits per heavy atom. The molecule has 1 saturated carbocycles. The topological polar surface area (TPSA) is 40.6 Å². The lowest BCUT2D eigenvalue weighted by molar-refractivity contribution is -0.133. The van der Waals surface area contributed by atoms with Crippen molar-refractivity contribution < 1.29 is 9.59 Å². The highest BCUT2D eigenvalue weighted by Gasteiger charge is 2.35. The van der Waals surface area contributed by atoms with Crippen LogP contribution in [0, 0.1) is 0 Å². The molecule has 0 unspecified atom stereocenters. The van der Waals surface area contributed by atoms with E-state index in [2.05, 4.69) is 0 Å². The van der Waals surface area contributed by atoms with Gasteiger partial charge in [-0.3, -0.25) is 9.59 Å². The van der Waals surface area contributed by atoms with Crippen LogP contribution in [0.3, 0.4) is 0 Å². The summed E-state index contributed by atoms with van der Waals surface area (Å²) in [6.07, 6.45) is 1.88. The van der Waals surface area contributed by atoms with Crippen LogP contribution in [0.25, 0.3) is 0 Å². The summed E-state index contributed by atoms with van der Waals surface area (Å²) in [6.45, 7) is 1.15. The second-order valence-electron chi connectivity index (χ2n) is 7.49. The Bertz CT molecular complexity index is 986. The molecule has 1 aromatic heterocycles. The molecule has 1 aliphatic rings. The monoisotopic (exact) mass is 438 g/mol. The van der Waals surface area contributed by atoms with Crippen molar-refractivity contribution in [3.63, 3.8) is 0 Å². The molecule has 1 heterocycles. The molecule has 0 radical (unpaired) electrons. The molecule has 4 rings (SSSR count). The predicted octanol–water partition coefficient (Wildman–Crippen LogP) is 5.24. The number of carbonyl (C=O) groups excluding carboxylic acids is 2. The van der Waals surface area contributed by atoms with Gasteiger partial charge in [0.25, 0.3) is 5.91 Å². The molecule has 154 valence electrons. The average Bonchev–Trinajstić information content (AvgIpc) is 3.48. The van der Waals surface area contributed by atoms with Gasteiger partial charge in [-0.1, -0.05) is 48.0 Å². The van der Waals surface area contributed by atoms with Gasteiger partial charge in [0.1, 0.15) is 6.54 Å². The SMILES string of the molecule is O=C(CN(C(=O)c1ccc(Cl)cc1)C1CC1)N(Cc1ccccc1)Cc1cccs1. The molecule has 3 aromatic rings. The maximum Gasteiger partial charge on any atom is 0.254 e. The molecular formula is C24H23ClN2O2S. The van der Waals surface area contributed by atoms with Gasteiger partial charge in [0.2, 0.25) is 5.91 Å². The third kappa shape index (κ3) is 5.29. The number of hydrogen-bond acceptors (Lipinski definition) is 3. The Labute approximate surface area is 185 Å². The minimum atomic E-state index is -0.113. The first-order valence-electron chi connectivity index (χ1n) is 10.0. The Hall–Kier alpha value is -2.63. The van der Waals surface area contributed by atoms with E-state index in [-0.39, 0.29) is 24.4 Å². The zero-order valence-electron chi connectivity index (χ0n) is 16.5. The van der Waals surface area contributed by atoms with Crippen LogP contribution in [0.1, 0.15) is 33.6 Å². The van der Waals surface area contributed by atoms with E-state index in [1.807, 2.05) is 52.7 Å². The number of carbonyl (C=O) groups is 2. The van der Waals surface area contributed by atoms with Crippen molar-refractivity contribution in [2.24, 2.45) is 0 Å². The standard InChI is InChI=1S/C24H23ClN2O2S/c25-20-10-8-19(9-11-20)24(29)27(21-12-13-21)17-23(28)26(16-22-7-4-14-30-22)15-18-5-2-1-3-6-18/h1-11,14,21H,12-13,15-17H2. The largest absolute Gasteiger partial charge is 0.332 e. The van der Waals surface area contributed by atoms with Crippen LogP contribution >= 0.6 is 22.9 Å². The number of rotatable bonds is 8. The molecule has 0 atom stereocenters. The summed E-state index contributed by atoms with van der Waals surface area (Å²) >= 11 is 7.59. The van der Waals surface area contributed by atoms with Crippen LogP contribution in [0.15, 0.2) is 72.1 Å². The van der Waals surface area contributed by atoms with E-state index < -0.39 is 0 Å². The van der Waals surface area contributed by atoms with Crippen LogP contribution < -0.4 is 0 Å². The number of nitrogens with zero attached hydrogens (tertiary/aromatic N) is 2. The molecule has 4 nitrogen and oxygen atoms in total. The van der Waals surface area contributed by atoms with Gasteiger partial charge < -0.3 is 9.80 Å². The van der Waals surface area contributed by atoms with E-state index in [0.29, 0.717) is 23.7 Å². The highest BCUT2D eigenvalue weighted by atomic mass is 35.5. The molecule has 30 heavy (non-hydrogen) atoms. The molecule has 0 saturated heterocycles. The van der Waals surface area contributed by atoms with Gasteiger partial charge in [-0.2, -0.15) is 0 Å². The highest BCUT2D eigenvalue weighted by Crippen LogP contribution is 2.29. The minimum absolute atomic E-state index is 0.0403. The minimum Gasteiger partial charge on any atom is -0.332 e. The van der Waals surface area contributed by atoms with Gasteiger partial charge in [0.15, 0.2) is 0 Å². The Kier molecular flexibility index (Phi) is 6.50. The number of amides is 2. The zero-order valence-corrected chi connectivity index (χ0v) is 18.1. The smallest absolute Gasteiger partial charge is 0.254 e. The normalized spacial score (nSPS) is 13.1. The van der Waals surface area contributed by atoms with E-state index >= 15 is 0 Å². The second kappa shape index (κ2) is 9.45. The van der Waals surface area contributed by atoms with E-state index in [4.69, 9.17) is 11.6 Å². The number of halogens is 1. The fourth-order valence-corrected chi connectivity index (χ4v) is 4.23. The second-order valence-corrected chi connectivity index (χ2v) is 8.95. The molecule has 0 aliphatic heterocycles. The predicted molar refractivity (Wildman–Crippen MR) is 121 cm³/mol. The van der Waals surface area contributed by atoms with Gasteiger partial charge in [-0.25, -0.2) is 0 Å². The van der Waals surface area contributed by atoms with E-state index in [1.54, 1.807) is 40.5 Å². The molecule has 0 spiro atoms. The van der Waals surface area contributed by atoms with Crippen molar-refractivity contribution in [1.82, 2.24) is 9.80 Å². The summed E-state index contributed by atoms with van der Waals surface area (Å²) < 4.78 is 0. The van der Waals surface area contributed by atoms with E-state index in [9.17, 15) is 9.59 Å². The van der Waals surface area contributed by atoms with Gasteiger partial charge in [0.05, 0.1) is 6.54 Å². The van der Waals surface area contributed by atoms with Crippen LogP contribution in [0.4, 0.5) is 0 Å². The maximum atomic E-state index is 13.3. The first kappa shape index (κ1) is 20.6. The number of thiophene rings is 1. The van der Waals surface area contributed by atoms with Crippen LogP contribution in [0.2, 0.25) is 5.02 Å². The first-order valence-corrected chi connectivity index (χ1v) is 11.3. The lowest BCUT2D eigenvalue weighted by atomic mass is 10.2. The van der Waals surface area contributed by atoms with Crippen molar-refractivity contribution in [3.8, 4) is 0 Å². The van der Waals surface area contributed by atoms with Gasteiger partial charge in [-0.05, 0) is 54.1 Å². The lowest BCUT2D eigenvalue weighted by Gasteiger charge is -2.28. The van der Waals surface area contributed by atoms with Crippen LogP contribution in [-0.4, -0.2) is 34.2 Å². The summed E-state index contributed by atoms with van der Waals surface area (Å²) in [6, 6.07) is 21.0. The van der Waals surface area contributed by atoms with Crippen molar-refractivity contribution >= 4 is 34.8 Å². The summed E-state index contributed by atoms with van der Waals surface area (Å²) in [5, 5.41) is 2.60. The molecule has 2 aromatic carbocycles. The summed E-state index contributed by atoms with van der Waals surface area (Å²) in [5.74, 6) is -0.153. The Balaban J connectivity index is 1.51. The van der Waals surface area contributed by atoms with Crippen molar-refractivity contribution in [3.05, 3.63) is 93.1 Å². The quantitative estimate of drug-likeness (QED) is 0.482. The summed E-state index contributed by atoms with van der Waals surface area (Å²) in [4.78, 5) is 31.1. The fourth-order valence-electron chi connectivity index (χ4n) is 3.38. The molecule has 0 bridgehead atoms.